The minimum atomic E-state index is 0.420. The molecular weight excluding hydrogens is 477 g/mol. The van der Waals surface area contributed by atoms with E-state index in [0.29, 0.717) is 52.0 Å². The molecule has 1 aromatic rings. The number of aromatic nitrogens is 1. The van der Waals surface area contributed by atoms with E-state index in [0.717, 1.165) is 23.2 Å². The van der Waals surface area contributed by atoms with Gasteiger partial charge in [0.2, 0.25) is 0 Å². The molecule has 78 valence electrons. The van der Waals surface area contributed by atoms with Crippen molar-refractivity contribution >= 4 is 80.3 Å². The molecule has 0 bridgehead atoms. The third-order valence-corrected chi connectivity index (χ3v) is 13.6. The minimum absolute atomic E-state index is 0.420. The van der Waals surface area contributed by atoms with Crippen molar-refractivity contribution in [3.8, 4) is 0 Å². The van der Waals surface area contributed by atoms with Crippen LogP contribution < -0.4 is 4.90 Å². The van der Waals surface area contributed by atoms with Crippen LogP contribution in [-0.2, 0) is 0 Å². The number of halogens is 1. The van der Waals surface area contributed by atoms with E-state index in [2.05, 4.69) is 19.8 Å². The Morgan fingerprint density at radius 2 is 2.40 bits per heavy atom. The van der Waals surface area contributed by atoms with Crippen molar-refractivity contribution in [3.05, 3.63) is 8.91 Å². The van der Waals surface area contributed by atoms with Gasteiger partial charge in [-0.25, -0.2) is 0 Å². The number of anilines is 1. The summed E-state index contributed by atoms with van der Waals surface area (Å²) in [5.41, 5.74) is 0. The summed E-state index contributed by atoms with van der Waals surface area (Å²) in [6.07, 6.45) is 0. The molecular formula is C7H5ClN3Se4+. The van der Waals surface area contributed by atoms with Crippen molar-refractivity contribution in [2.24, 2.45) is 4.01 Å². The molecule has 0 radical (unpaired) electrons. The molecule has 0 unspecified atom stereocenters. The van der Waals surface area contributed by atoms with Crippen LogP contribution in [-0.4, -0.2) is 68.3 Å². The van der Waals surface area contributed by atoms with Gasteiger partial charge in [-0.05, 0) is 0 Å². The number of fused-ring (bicyclic) bond motifs is 2. The van der Waals surface area contributed by atoms with E-state index >= 15 is 0 Å². The Kier molecular flexibility index (Phi) is 3.30. The molecule has 0 saturated heterocycles. The average molecular weight is 482 g/mol. The molecule has 1 aromatic heterocycles. The zero-order valence-corrected chi connectivity index (χ0v) is 15.2. The van der Waals surface area contributed by atoms with Gasteiger partial charge in [0.1, 0.15) is 0 Å². The summed E-state index contributed by atoms with van der Waals surface area (Å²) in [6.45, 7) is 3.13. The molecule has 2 aliphatic rings. The molecule has 2 aliphatic heterocycles. The molecule has 0 fully saturated rings. The summed E-state index contributed by atoms with van der Waals surface area (Å²) in [5, 5.41) is 1.01. The van der Waals surface area contributed by atoms with Crippen LogP contribution in [0.1, 0.15) is 11.4 Å². The van der Waals surface area contributed by atoms with Crippen molar-refractivity contribution < 1.29 is 0 Å². The van der Waals surface area contributed by atoms with E-state index in [1.807, 2.05) is 0 Å². The monoisotopic (exact) mass is 486 g/mol. The van der Waals surface area contributed by atoms with Crippen LogP contribution in [0.15, 0.2) is 8.48 Å². The normalized spacial score (nSPS) is 19.1. The third-order valence-electron chi connectivity index (χ3n) is 2.12. The van der Waals surface area contributed by atoms with Crippen molar-refractivity contribution in [3.63, 3.8) is 0 Å². The summed E-state index contributed by atoms with van der Waals surface area (Å²) >= 11 is 8.31. The molecule has 3 nitrogen and oxygen atoms in total. The number of likely N-dealkylation sites (N-methyl/N-ethyl adjacent to an activating group) is 1. The van der Waals surface area contributed by atoms with Crippen LogP contribution in [0, 0.1) is 0 Å². The van der Waals surface area contributed by atoms with E-state index in [1.54, 1.807) is 0 Å². The molecule has 8 heteroatoms. The number of rotatable bonds is 1. The molecule has 3 rings (SSSR count). The first-order valence-electron chi connectivity index (χ1n) is 4.21. The molecule has 0 saturated carbocycles. The number of hydrogen-bond acceptors (Lipinski definition) is 3. The number of nitrogens with zero attached hydrogens (tertiary/aromatic N) is 3. The zero-order valence-electron chi connectivity index (χ0n) is 7.56. The summed E-state index contributed by atoms with van der Waals surface area (Å²) in [6, 6.07) is 0. The molecule has 0 amide bonds. The Balaban J connectivity index is 2.25. The van der Waals surface area contributed by atoms with Crippen molar-refractivity contribution in [1.82, 2.24) is 3.98 Å². The van der Waals surface area contributed by atoms with Crippen molar-refractivity contribution in [2.45, 2.75) is 6.92 Å². The second-order valence-corrected chi connectivity index (χ2v) is 13.9. The Morgan fingerprint density at radius 3 is 3.20 bits per heavy atom. The Bertz CT molecular complexity index is 480. The summed E-state index contributed by atoms with van der Waals surface area (Å²) < 4.78 is 12.0. The maximum absolute atomic E-state index is 6.45. The third kappa shape index (κ3) is 1.70. The first-order chi connectivity index (χ1) is 7.33. The van der Waals surface area contributed by atoms with Gasteiger partial charge in [-0.2, -0.15) is 0 Å². The van der Waals surface area contributed by atoms with Crippen LogP contribution in [0.5, 0.6) is 0 Å². The van der Waals surface area contributed by atoms with E-state index in [-0.39, 0.29) is 0 Å². The molecule has 3 heterocycles. The summed E-state index contributed by atoms with van der Waals surface area (Å²) in [5.74, 6) is 2.28. The van der Waals surface area contributed by atoms with E-state index in [9.17, 15) is 0 Å². The van der Waals surface area contributed by atoms with Gasteiger partial charge in [0.15, 0.2) is 0 Å². The molecule has 0 atom stereocenters. The summed E-state index contributed by atoms with van der Waals surface area (Å²) in [4.78, 5) is 2.27. The first kappa shape index (κ1) is 11.2. The van der Waals surface area contributed by atoms with Gasteiger partial charge in [-0.3, -0.25) is 0 Å². The van der Waals surface area contributed by atoms with Crippen LogP contribution in [0.2, 0.25) is 0 Å². The van der Waals surface area contributed by atoms with Gasteiger partial charge in [-0.15, -0.1) is 0 Å². The van der Waals surface area contributed by atoms with Gasteiger partial charge in [0.05, 0.1) is 0 Å². The van der Waals surface area contributed by atoms with E-state index in [1.165, 1.54) is 8.91 Å². The summed E-state index contributed by atoms with van der Waals surface area (Å²) in [7, 11) is 0. The van der Waals surface area contributed by atoms with Crippen LogP contribution in [0.3, 0.4) is 0 Å². The van der Waals surface area contributed by atoms with Gasteiger partial charge < -0.3 is 0 Å². The van der Waals surface area contributed by atoms with Crippen molar-refractivity contribution in [1.29, 1.82) is 0 Å². The quantitative estimate of drug-likeness (QED) is 0.523. The van der Waals surface area contributed by atoms with Gasteiger partial charge in [-0.1, -0.05) is 0 Å². The Morgan fingerprint density at radius 1 is 1.53 bits per heavy atom. The zero-order chi connectivity index (χ0) is 10.4. The SMILES string of the molecule is CCN1C2=N[Se][Se]C2=C(Cl)c2[se+][se]nc21. The van der Waals surface area contributed by atoms with Crippen LogP contribution >= 0.6 is 11.6 Å². The Hall–Kier alpha value is 1.12. The van der Waals surface area contributed by atoms with Gasteiger partial charge in [0.25, 0.3) is 0 Å². The topological polar surface area (TPSA) is 28.5 Å². The maximum atomic E-state index is 6.45. The average Bonchev–Trinajstić information content (AvgIpc) is 2.85. The molecule has 0 spiro atoms. The fourth-order valence-electron chi connectivity index (χ4n) is 1.46. The molecule has 0 N–H and O–H groups in total. The fourth-order valence-corrected chi connectivity index (χ4v) is 14.7. The molecule has 15 heavy (non-hydrogen) atoms. The Labute approximate surface area is 114 Å². The number of amidine groups is 1. The van der Waals surface area contributed by atoms with Crippen LogP contribution in [0.25, 0.3) is 5.03 Å². The first-order valence-corrected chi connectivity index (χ1v) is 16.5. The molecule has 0 aromatic carbocycles. The predicted molar refractivity (Wildman–Crippen MR) is 67.3 cm³/mol. The second kappa shape index (κ2) is 4.42. The van der Waals surface area contributed by atoms with E-state index in [4.69, 9.17) is 11.6 Å². The standard InChI is InChI=1S/C7H5ClN3Se4/c1-2-11-6-4(12-14-9-6)3(8)5-7(11)10-15-13-5/h2H2,1H3/q+1. The number of hydrogen-bond donors (Lipinski definition) is 0. The second-order valence-electron chi connectivity index (χ2n) is 2.86. The predicted octanol–water partition coefficient (Wildman–Crippen LogP) is -0.125. The van der Waals surface area contributed by atoms with E-state index < -0.39 is 0 Å². The van der Waals surface area contributed by atoms with Gasteiger partial charge >= 0.3 is 116 Å². The van der Waals surface area contributed by atoms with Crippen molar-refractivity contribution in [2.75, 3.05) is 11.4 Å². The van der Waals surface area contributed by atoms with Crippen LogP contribution in [0.4, 0.5) is 5.82 Å². The van der Waals surface area contributed by atoms with Gasteiger partial charge in [0, 0.05) is 0 Å². The molecule has 0 aliphatic carbocycles. The fraction of sp³-hybridized carbons (Fsp3) is 0.286.